The number of piperazine rings is 1. The summed E-state index contributed by atoms with van der Waals surface area (Å²) >= 11 is 6.06. The van der Waals surface area contributed by atoms with Crippen LogP contribution in [0.3, 0.4) is 0 Å². The van der Waals surface area contributed by atoms with Crippen molar-refractivity contribution in [2.75, 3.05) is 32.7 Å². The molecule has 2 aliphatic rings. The molecule has 1 aromatic heterocycles. The van der Waals surface area contributed by atoms with E-state index in [1.165, 1.54) is 5.56 Å². The molecule has 0 saturated carbocycles. The van der Waals surface area contributed by atoms with E-state index in [9.17, 15) is 9.59 Å². The Morgan fingerprint density at radius 2 is 1.68 bits per heavy atom. The van der Waals surface area contributed by atoms with Gasteiger partial charge in [-0.3, -0.25) is 19.6 Å². The number of nitrogens with one attached hydrogen (secondary N) is 1. The van der Waals surface area contributed by atoms with Gasteiger partial charge < -0.3 is 9.80 Å². The van der Waals surface area contributed by atoms with E-state index >= 15 is 0 Å². The van der Waals surface area contributed by atoms with Crippen LogP contribution in [0.1, 0.15) is 32.9 Å². The molecule has 0 atom stereocenters. The highest BCUT2D eigenvalue weighted by atomic mass is 35.5. The molecule has 0 spiro atoms. The molecule has 7 nitrogen and oxygen atoms in total. The summed E-state index contributed by atoms with van der Waals surface area (Å²) in [6.07, 6.45) is 0.960. The molecule has 176 valence electrons. The highest BCUT2D eigenvalue weighted by molar-refractivity contribution is 6.30. The summed E-state index contributed by atoms with van der Waals surface area (Å²) in [5, 5.41) is 8.03. The average Bonchev–Trinajstić information content (AvgIpc) is 3.28. The van der Waals surface area contributed by atoms with Crippen molar-refractivity contribution in [1.82, 2.24) is 24.9 Å². The van der Waals surface area contributed by atoms with E-state index in [0.717, 1.165) is 36.5 Å². The molecule has 3 aromatic rings. The molecule has 2 aliphatic heterocycles. The van der Waals surface area contributed by atoms with Gasteiger partial charge in [-0.1, -0.05) is 54.1 Å². The third-order valence-corrected chi connectivity index (χ3v) is 6.88. The Morgan fingerprint density at radius 1 is 0.912 bits per heavy atom. The van der Waals surface area contributed by atoms with Crippen LogP contribution in [0.15, 0.2) is 54.6 Å². The molecule has 8 heteroatoms. The molecule has 0 bridgehead atoms. The number of fused-ring (bicyclic) bond motifs is 1. The van der Waals surface area contributed by atoms with Crippen molar-refractivity contribution >= 4 is 23.4 Å². The first kappa shape index (κ1) is 22.6. The van der Waals surface area contributed by atoms with Crippen LogP contribution in [0.25, 0.3) is 0 Å². The molecule has 2 aromatic carbocycles. The Balaban J connectivity index is 1.21. The van der Waals surface area contributed by atoms with Crippen molar-refractivity contribution in [3.63, 3.8) is 0 Å². The first-order valence-corrected chi connectivity index (χ1v) is 12.1. The van der Waals surface area contributed by atoms with Crippen LogP contribution in [0.4, 0.5) is 0 Å². The lowest BCUT2D eigenvalue weighted by Gasteiger charge is -2.35. The van der Waals surface area contributed by atoms with Crippen molar-refractivity contribution in [3.05, 3.63) is 87.7 Å². The summed E-state index contributed by atoms with van der Waals surface area (Å²) in [7, 11) is 0. The van der Waals surface area contributed by atoms with E-state index in [2.05, 4.69) is 39.4 Å². The Hall–Kier alpha value is -3.16. The standard InChI is InChI=1S/C26H28ClN5O2/c27-21-8-4-7-20(15-21)16-24(33)32-10-9-23-22(18-32)25(29-28-23)26(34)31-13-11-30(12-14-31)17-19-5-2-1-3-6-19/h1-8,15H,9-14,16-18H2,(H,28,29). The molecule has 3 heterocycles. The number of rotatable bonds is 5. The maximum Gasteiger partial charge on any atom is 0.274 e. The van der Waals surface area contributed by atoms with E-state index in [1.54, 1.807) is 6.07 Å². The topological polar surface area (TPSA) is 72.5 Å². The van der Waals surface area contributed by atoms with Crippen molar-refractivity contribution in [3.8, 4) is 0 Å². The Labute approximate surface area is 204 Å². The van der Waals surface area contributed by atoms with Crippen LogP contribution in [-0.4, -0.2) is 69.4 Å². The van der Waals surface area contributed by atoms with Gasteiger partial charge in [-0.15, -0.1) is 0 Å². The number of nitrogens with zero attached hydrogens (tertiary/aromatic N) is 4. The predicted octanol–water partition coefficient (Wildman–Crippen LogP) is 3.15. The van der Waals surface area contributed by atoms with Crippen LogP contribution in [0.2, 0.25) is 5.02 Å². The molecular formula is C26H28ClN5O2. The van der Waals surface area contributed by atoms with Crippen LogP contribution in [0, 0.1) is 0 Å². The monoisotopic (exact) mass is 477 g/mol. The number of aromatic nitrogens is 2. The number of H-pyrrole nitrogens is 1. The molecule has 0 radical (unpaired) electrons. The number of amides is 2. The minimum atomic E-state index is -0.0546. The number of hydrogen-bond donors (Lipinski definition) is 1. The van der Waals surface area contributed by atoms with Crippen LogP contribution in [0.5, 0.6) is 0 Å². The van der Waals surface area contributed by atoms with Gasteiger partial charge in [0.2, 0.25) is 5.91 Å². The first-order valence-electron chi connectivity index (χ1n) is 11.7. The van der Waals surface area contributed by atoms with Crippen LogP contribution >= 0.6 is 11.6 Å². The zero-order valence-electron chi connectivity index (χ0n) is 19.0. The zero-order chi connectivity index (χ0) is 23.5. The summed E-state index contributed by atoms with van der Waals surface area (Å²) in [6, 6.07) is 17.8. The van der Waals surface area contributed by atoms with Gasteiger partial charge in [0.25, 0.3) is 5.91 Å². The van der Waals surface area contributed by atoms with Crippen molar-refractivity contribution in [2.24, 2.45) is 0 Å². The summed E-state index contributed by atoms with van der Waals surface area (Å²) in [5.41, 5.74) is 4.43. The number of benzene rings is 2. The third-order valence-electron chi connectivity index (χ3n) is 6.64. The minimum Gasteiger partial charge on any atom is -0.338 e. The normalized spacial score (nSPS) is 16.4. The van der Waals surface area contributed by atoms with Gasteiger partial charge in [-0.25, -0.2) is 0 Å². The molecule has 1 N–H and O–H groups in total. The maximum absolute atomic E-state index is 13.3. The molecule has 1 saturated heterocycles. The van der Waals surface area contributed by atoms with Gasteiger partial charge >= 0.3 is 0 Å². The quantitative estimate of drug-likeness (QED) is 0.612. The van der Waals surface area contributed by atoms with Gasteiger partial charge in [-0.05, 0) is 23.3 Å². The second-order valence-electron chi connectivity index (χ2n) is 8.96. The fourth-order valence-corrected chi connectivity index (χ4v) is 4.93. The van der Waals surface area contributed by atoms with E-state index in [1.807, 2.05) is 34.1 Å². The summed E-state index contributed by atoms with van der Waals surface area (Å²) in [4.78, 5) is 32.3. The minimum absolute atomic E-state index is 0.0297. The summed E-state index contributed by atoms with van der Waals surface area (Å²) in [6.45, 7) is 4.91. The largest absolute Gasteiger partial charge is 0.338 e. The van der Waals surface area contributed by atoms with Gasteiger partial charge in [0.05, 0.1) is 6.42 Å². The maximum atomic E-state index is 13.3. The number of carbonyl (C=O) groups excluding carboxylic acids is 2. The third kappa shape index (κ3) is 5.00. The number of aromatic amines is 1. The van der Waals surface area contributed by atoms with E-state index in [4.69, 9.17) is 11.6 Å². The average molecular weight is 478 g/mol. The highest BCUT2D eigenvalue weighted by Gasteiger charge is 2.31. The Bertz CT molecular complexity index is 1170. The van der Waals surface area contributed by atoms with Gasteiger partial charge in [-0.2, -0.15) is 5.10 Å². The lowest BCUT2D eigenvalue weighted by Crippen LogP contribution is -2.48. The lowest BCUT2D eigenvalue weighted by molar-refractivity contribution is -0.131. The van der Waals surface area contributed by atoms with Gasteiger partial charge in [0.15, 0.2) is 5.69 Å². The smallest absolute Gasteiger partial charge is 0.274 e. The summed E-state index contributed by atoms with van der Waals surface area (Å²) < 4.78 is 0. The fourth-order valence-electron chi connectivity index (χ4n) is 4.72. The second-order valence-corrected chi connectivity index (χ2v) is 9.39. The van der Waals surface area contributed by atoms with E-state index in [0.29, 0.717) is 49.7 Å². The molecular weight excluding hydrogens is 450 g/mol. The van der Waals surface area contributed by atoms with Crippen molar-refractivity contribution in [1.29, 1.82) is 0 Å². The molecule has 1 fully saturated rings. The molecule has 0 aliphatic carbocycles. The molecule has 2 amide bonds. The predicted molar refractivity (Wildman–Crippen MR) is 130 cm³/mol. The molecule has 34 heavy (non-hydrogen) atoms. The fraction of sp³-hybridized carbons (Fsp3) is 0.346. The van der Waals surface area contributed by atoms with Crippen molar-refractivity contribution < 1.29 is 9.59 Å². The second kappa shape index (κ2) is 9.99. The number of halogens is 1. The highest BCUT2D eigenvalue weighted by Crippen LogP contribution is 2.23. The Kier molecular flexibility index (Phi) is 6.65. The van der Waals surface area contributed by atoms with Crippen LogP contribution in [-0.2, 0) is 30.7 Å². The first-order chi connectivity index (χ1) is 16.6. The van der Waals surface area contributed by atoms with E-state index in [-0.39, 0.29) is 11.8 Å². The van der Waals surface area contributed by atoms with E-state index < -0.39 is 0 Å². The zero-order valence-corrected chi connectivity index (χ0v) is 19.8. The van der Waals surface area contributed by atoms with Crippen molar-refractivity contribution in [2.45, 2.75) is 25.9 Å². The number of hydrogen-bond acceptors (Lipinski definition) is 4. The van der Waals surface area contributed by atoms with Crippen LogP contribution < -0.4 is 0 Å². The molecule has 5 rings (SSSR count). The summed E-state index contributed by atoms with van der Waals surface area (Å²) in [5.74, 6) is -0.0250. The SMILES string of the molecule is O=C(Cc1cccc(Cl)c1)N1CCc2[nH]nc(C(=O)N3CCN(Cc4ccccc4)CC3)c2C1. The molecule has 0 unspecified atom stereocenters. The van der Waals surface area contributed by atoms with Gasteiger partial charge in [0, 0.05) is 68.5 Å². The Morgan fingerprint density at radius 3 is 2.44 bits per heavy atom. The number of carbonyl (C=O) groups is 2. The van der Waals surface area contributed by atoms with Gasteiger partial charge in [0.1, 0.15) is 0 Å². The lowest BCUT2D eigenvalue weighted by atomic mass is 10.0.